The van der Waals surface area contributed by atoms with Crippen molar-refractivity contribution >= 4 is 56.9 Å². The van der Waals surface area contributed by atoms with Crippen LogP contribution < -0.4 is 25.1 Å². The number of carbonyl (C=O) groups is 3. The summed E-state index contributed by atoms with van der Waals surface area (Å²) in [6, 6.07) is 13.2. The molecule has 5 aromatic rings. The van der Waals surface area contributed by atoms with Crippen molar-refractivity contribution in [2.24, 2.45) is 5.41 Å². The second kappa shape index (κ2) is 18.6. The van der Waals surface area contributed by atoms with Crippen molar-refractivity contribution in [2.75, 3.05) is 78.4 Å². The third-order valence-corrected chi connectivity index (χ3v) is 13.4. The minimum absolute atomic E-state index is 0.00297. The molecule has 340 valence electrons. The molecule has 0 unspecified atom stereocenters. The second-order valence-corrected chi connectivity index (χ2v) is 17.7. The van der Waals surface area contributed by atoms with Gasteiger partial charge in [0.05, 0.1) is 63.5 Å². The standard InChI is InChI=1S/C48H54ClFN4O10/c1-29-34(35-23-33(59-4)13-14-39(35)54(29)45(57)30-7-9-31(49)10-8-30)25-40(55)63-21-19-61-17-18-62-20-22-64-46(58)37-26-53(32-11-12-32)41-36(43(37)56)24-38(50)42(44(41)60-5)52-27-47(2)15-6-16-51-48(47,3)28-52/h7-10,13-14,23-24,26,32,51H,6,11-12,15-22,25,27-28H2,1-5H3/t47-,48+/m1/s1. The molecule has 0 bridgehead atoms. The lowest BCUT2D eigenvalue weighted by Crippen LogP contribution is -2.58. The fourth-order valence-corrected chi connectivity index (χ4v) is 9.49. The first kappa shape index (κ1) is 45.1. The van der Waals surface area contributed by atoms with Crippen LogP contribution in [0, 0.1) is 18.2 Å². The van der Waals surface area contributed by atoms with Crippen molar-refractivity contribution in [3.05, 3.63) is 98.2 Å². The number of hydrogen-bond acceptors (Lipinski definition) is 12. The quantitative estimate of drug-likeness (QED) is 0.0754. The van der Waals surface area contributed by atoms with Crippen LogP contribution in [-0.4, -0.2) is 106 Å². The zero-order valence-corrected chi connectivity index (χ0v) is 37.6. The normalized spacial score (nSPS) is 19.5. The highest BCUT2D eigenvalue weighted by atomic mass is 35.5. The van der Waals surface area contributed by atoms with Crippen LogP contribution in [0.25, 0.3) is 21.8 Å². The van der Waals surface area contributed by atoms with Gasteiger partial charge in [0.15, 0.2) is 11.6 Å². The first-order valence-electron chi connectivity index (χ1n) is 21.7. The summed E-state index contributed by atoms with van der Waals surface area (Å²) in [6.07, 6.45) is 5.21. The Kier molecular flexibility index (Phi) is 13.1. The number of halogens is 2. The average molecular weight is 901 g/mol. The lowest BCUT2D eigenvalue weighted by atomic mass is 9.69. The Balaban J connectivity index is 0.816. The minimum Gasteiger partial charge on any atom is -0.497 e. The highest BCUT2D eigenvalue weighted by Gasteiger charge is 2.54. The molecule has 2 saturated heterocycles. The lowest BCUT2D eigenvalue weighted by Gasteiger charge is -2.44. The van der Waals surface area contributed by atoms with E-state index in [9.17, 15) is 19.2 Å². The SMILES string of the molecule is COc1ccc2c(c1)c(CC(=O)OCCOCCOCCOC(=O)c1cn(C3CC3)c3c(OC)c(N4C[C@@]5(C)CCCN[C@@]5(C)C4)c(F)cc3c1=O)c(C)n2C(=O)c1ccc(Cl)cc1. The zero-order valence-electron chi connectivity index (χ0n) is 36.9. The molecule has 3 aliphatic rings. The number of piperidine rings is 1. The van der Waals surface area contributed by atoms with Crippen molar-refractivity contribution in [1.82, 2.24) is 14.5 Å². The van der Waals surface area contributed by atoms with Crippen molar-refractivity contribution < 1.29 is 47.2 Å². The molecule has 3 fully saturated rings. The van der Waals surface area contributed by atoms with Crippen molar-refractivity contribution in [3.8, 4) is 11.5 Å². The van der Waals surface area contributed by atoms with Crippen molar-refractivity contribution in [1.29, 1.82) is 0 Å². The molecule has 0 amide bonds. The summed E-state index contributed by atoms with van der Waals surface area (Å²) >= 11 is 6.04. The molecule has 14 nitrogen and oxygen atoms in total. The van der Waals surface area contributed by atoms with E-state index in [1.54, 1.807) is 61.1 Å². The van der Waals surface area contributed by atoms with E-state index in [4.69, 9.17) is 40.0 Å². The van der Waals surface area contributed by atoms with Crippen molar-refractivity contribution in [3.63, 3.8) is 0 Å². The Labute approximate surface area is 375 Å². The number of hydrogen-bond donors (Lipinski definition) is 1. The number of ether oxygens (including phenoxy) is 6. The maximum absolute atomic E-state index is 16.2. The Morgan fingerprint density at radius 1 is 0.891 bits per heavy atom. The topological polar surface area (TPSA) is 149 Å². The van der Waals surface area contributed by atoms with E-state index in [1.807, 2.05) is 9.47 Å². The van der Waals surface area contributed by atoms with E-state index in [0.717, 1.165) is 32.2 Å². The number of benzene rings is 3. The Bertz CT molecular complexity index is 2640. The molecule has 2 aliphatic heterocycles. The number of aromatic nitrogens is 2. The monoisotopic (exact) mass is 900 g/mol. The van der Waals surface area contributed by atoms with Gasteiger partial charge in [-0.15, -0.1) is 0 Å². The Hall–Kier alpha value is -5.48. The number of pyridine rings is 1. The first-order valence-corrected chi connectivity index (χ1v) is 22.1. The molecule has 0 spiro atoms. The van der Waals surface area contributed by atoms with E-state index in [0.29, 0.717) is 68.5 Å². The number of esters is 2. The molecule has 0 radical (unpaired) electrons. The van der Waals surface area contributed by atoms with Gasteiger partial charge in [-0.25, -0.2) is 9.18 Å². The van der Waals surface area contributed by atoms with Crippen molar-refractivity contribution in [2.45, 2.75) is 64.5 Å². The number of nitrogens with one attached hydrogen (secondary N) is 1. The summed E-state index contributed by atoms with van der Waals surface area (Å²) in [6.45, 7) is 8.74. The number of anilines is 1. The Morgan fingerprint density at radius 3 is 2.27 bits per heavy atom. The highest BCUT2D eigenvalue weighted by molar-refractivity contribution is 6.30. The lowest BCUT2D eigenvalue weighted by molar-refractivity contribution is -0.144. The summed E-state index contributed by atoms with van der Waals surface area (Å²) in [7, 11) is 3.04. The predicted octanol–water partition coefficient (Wildman–Crippen LogP) is 7.04. The molecule has 4 heterocycles. The van der Waals surface area contributed by atoms with Gasteiger partial charge in [0.2, 0.25) is 5.43 Å². The van der Waals surface area contributed by atoms with Gasteiger partial charge in [-0.1, -0.05) is 18.5 Å². The molecule has 1 N–H and O–H groups in total. The molecule has 8 rings (SSSR count). The van der Waals surface area contributed by atoms with Gasteiger partial charge in [-0.05, 0) is 100 Å². The third kappa shape index (κ3) is 8.70. The van der Waals surface area contributed by atoms with Crippen LogP contribution in [0.15, 0.2) is 59.5 Å². The number of carbonyl (C=O) groups excluding carboxylic acids is 3. The van der Waals surface area contributed by atoms with Crippen LogP contribution in [0.5, 0.6) is 11.5 Å². The number of methoxy groups -OCH3 is 2. The molecular weight excluding hydrogens is 847 g/mol. The van der Waals surface area contributed by atoms with E-state index in [2.05, 4.69) is 19.2 Å². The molecule has 2 aromatic heterocycles. The van der Waals surface area contributed by atoms with Gasteiger partial charge < -0.3 is 43.2 Å². The maximum atomic E-state index is 16.2. The van der Waals surface area contributed by atoms with E-state index < -0.39 is 23.2 Å². The minimum atomic E-state index is -0.825. The fraction of sp³-hybridized carbons (Fsp3) is 0.458. The van der Waals surface area contributed by atoms with Crippen LogP contribution in [0.3, 0.4) is 0 Å². The summed E-state index contributed by atoms with van der Waals surface area (Å²) in [5.74, 6) is -1.27. The summed E-state index contributed by atoms with van der Waals surface area (Å²) in [5, 5.41) is 4.95. The maximum Gasteiger partial charge on any atom is 0.343 e. The fourth-order valence-electron chi connectivity index (χ4n) is 9.37. The summed E-state index contributed by atoms with van der Waals surface area (Å²) < 4.78 is 53.1. The first-order chi connectivity index (χ1) is 30.8. The van der Waals surface area contributed by atoms with E-state index >= 15 is 4.39 Å². The third-order valence-electron chi connectivity index (χ3n) is 13.2. The van der Waals surface area contributed by atoms with Gasteiger partial charge in [-0.2, -0.15) is 0 Å². The molecule has 2 atom stereocenters. The predicted molar refractivity (Wildman–Crippen MR) is 240 cm³/mol. The number of nitrogens with zero attached hydrogens (tertiary/aromatic N) is 3. The number of fused-ring (bicyclic) bond motifs is 3. The van der Waals surface area contributed by atoms with Crippen LogP contribution in [0.4, 0.5) is 10.1 Å². The van der Waals surface area contributed by atoms with Gasteiger partial charge in [0.25, 0.3) is 5.91 Å². The Morgan fingerprint density at radius 2 is 1.59 bits per heavy atom. The van der Waals surface area contributed by atoms with Gasteiger partial charge >= 0.3 is 11.9 Å². The molecule has 64 heavy (non-hydrogen) atoms. The smallest absolute Gasteiger partial charge is 0.343 e. The van der Waals surface area contributed by atoms with Gasteiger partial charge in [0.1, 0.15) is 30.2 Å². The molecular formula is C48H54ClFN4O10. The van der Waals surface area contributed by atoms with E-state index in [-0.39, 0.29) is 79.9 Å². The van der Waals surface area contributed by atoms with Crippen LogP contribution >= 0.6 is 11.6 Å². The molecule has 1 saturated carbocycles. The molecule has 16 heteroatoms. The van der Waals surface area contributed by atoms with E-state index in [1.165, 1.54) is 19.4 Å². The summed E-state index contributed by atoms with van der Waals surface area (Å²) in [5.41, 5.74) is 2.05. The van der Waals surface area contributed by atoms with Crippen LogP contribution in [0.1, 0.15) is 77.5 Å². The highest BCUT2D eigenvalue weighted by Crippen LogP contribution is 2.50. The average Bonchev–Trinajstić information content (AvgIpc) is 4.03. The largest absolute Gasteiger partial charge is 0.497 e. The molecule has 1 aliphatic carbocycles. The zero-order chi connectivity index (χ0) is 45.3. The molecule has 3 aromatic carbocycles. The van der Waals surface area contributed by atoms with Crippen LogP contribution in [0.2, 0.25) is 5.02 Å². The second-order valence-electron chi connectivity index (χ2n) is 17.3. The number of rotatable bonds is 17. The van der Waals surface area contributed by atoms with Gasteiger partial charge in [0, 0.05) is 57.9 Å². The van der Waals surface area contributed by atoms with Crippen LogP contribution in [-0.2, 0) is 30.2 Å². The van der Waals surface area contributed by atoms with Gasteiger partial charge in [-0.3, -0.25) is 19.0 Å². The summed E-state index contributed by atoms with van der Waals surface area (Å²) in [4.78, 5) is 55.7.